The number of ether oxygens (including phenoxy) is 1. The quantitative estimate of drug-likeness (QED) is 0.816. The molecule has 14 heavy (non-hydrogen) atoms. The first-order valence-corrected chi connectivity index (χ1v) is 6.00. The first-order chi connectivity index (χ1) is 6.79. The van der Waals surface area contributed by atoms with Crippen molar-refractivity contribution in [1.82, 2.24) is 0 Å². The van der Waals surface area contributed by atoms with E-state index in [1.54, 1.807) is 11.3 Å². The molecule has 2 atom stereocenters. The second kappa shape index (κ2) is 4.43. The van der Waals surface area contributed by atoms with Gasteiger partial charge in [-0.25, -0.2) is 0 Å². The van der Waals surface area contributed by atoms with Crippen molar-refractivity contribution in [2.45, 2.75) is 38.4 Å². The van der Waals surface area contributed by atoms with E-state index in [9.17, 15) is 5.11 Å². The lowest BCUT2D eigenvalue weighted by Gasteiger charge is -2.27. The third-order valence-electron chi connectivity index (χ3n) is 2.78. The first kappa shape index (κ1) is 10.1. The molecule has 0 amide bonds. The van der Waals surface area contributed by atoms with Crippen molar-refractivity contribution < 1.29 is 9.84 Å². The monoisotopic (exact) mass is 212 g/mol. The van der Waals surface area contributed by atoms with Gasteiger partial charge in [-0.1, -0.05) is 0 Å². The van der Waals surface area contributed by atoms with E-state index in [2.05, 4.69) is 0 Å². The highest BCUT2D eigenvalue weighted by atomic mass is 32.1. The highest BCUT2D eigenvalue weighted by molar-refractivity contribution is 7.10. The molecule has 1 saturated heterocycles. The molecule has 1 aromatic rings. The molecular formula is C11H16O2S. The third-order valence-corrected chi connectivity index (χ3v) is 3.65. The minimum absolute atomic E-state index is 0.0112. The second-order valence-corrected chi connectivity index (χ2v) is 4.90. The van der Waals surface area contributed by atoms with Crippen molar-refractivity contribution in [3.05, 3.63) is 21.9 Å². The molecule has 0 aliphatic carbocycles. The molecule has 0 bridgehead atoms. The molecule has 1 aromatic heterocycles. The fraction of sp³-hybridized carbons (Fsp3) is 0.636. The minimum atomic E-state index is -0.429. The number of thiophene rings is 1. The molecule has 1 fully saturated rings. The molecule has 2 heterocycles. The number of aliphatic hydroxyl groups is 1. The summed E-state index contributed by atoms with van der Waals surface area (Å²) < 4.78 is 5.57. The van der Waals surface area contributed by atoms with E-state index in [0.29, 0.717) is 0 Å². The van der Waals surface area contributed by atoms with Crippen molar-refractivity contribution in [2.24, 2.45) is 0 Å². The van der Waals surface area contributed by atoms with Crippen LogP contribution in [0.1, 0.15) is 35.8 Å². The van der Waals surface area contributed by atoms with Crippen molar-refractivity contribution in [1.29, 1.82) is 0 Å². The van der Waals surface area contributed by atoms with Crippen LogP contribution in [0, 0.1) is 6.92 Å². The molecule has 0 spiro atoms. The van der Waals surface area contributed by atoms with Crippen LogP contribution in [0.15, 0.2) is 11.4 Å². The van der Waals surface area contributed by atoms with Crippen LogP contribution in [0.2, 0.25) is 0 Å². The predicted molar refractivity (Wildman–Crippen MR) is 57.6 cm³/mol. The number of hydrogen-bond donors (Lipinski definition) is 1. The normalized spacial score (nSPS) is 24.9. The zero-order chi connectivity index (χ0) is 9.97. The Hall–Kier alpha value is -0.380. The van der Waals surface area contributed by atoms with Gasteiger partial charge in [0.05, 0.1) is 6.10 Å². The molecule has 1 N–H and O–H groups in total. The Morgan fingerprint density at radius 1 is 1.57 bits per heavy atom. The van der Waals surface area contributed by atoms with Crippen LogP contribution in [0.4, 0.5) is 0 Å². The van der Waals surface area contributed by atoms with Gasteiger partial charge in [-0.15, -0.1) is 11.3 Å². The van der Waals surface area contributed by atoms with Crippen molar-refractivity contribution in [3.63, 3.8) is 0 Å². The van der Waals surface area contributed by atoms with Crippen LogP contribution in [0.25, 0.3) is 0 Å². The summed E-state index contributed by atoms with van der Waals surface area (Å²) in [7, 11) is 0. The average molecular weight is 212 g/mol. The van der Waals surface area contributed by atoms with Gasteiger partial charge in [-0.2, -0.15) is 0 Å². The zero-order valence-electron chi connectivity index (χ0n) is 8.40. The highest BCUT2D eigenvalue weighted by Crippen LogP contribution is 2.30. The van der Waals surface area contributed by atoms with E-state index in [-0.39, 0.29) is 6.10 Å². The Labute approximate surface area is 88.5 Å². The Morgan fingerprint density at radius 3 is 3.00 bits per heavy atom. The van der Waals surface area contributed by atoms with E-state index in [0.717, 1.165) is 25.0 Å². The number of rotatable bonds is 2. The standard InChI is InChI=1S/C11H16O2S/c1-8-9(5-7-14-8)11(12)10-4-2-3-6-13-10/h5,7,10-12H,2-4,6H2,1H3. The maximum absolute atomic E-state index is 10.1. The number of hydrogen-bond acceptors (Lipinski definition) is 3. The number of aryl methyl sites for hydroxylation is 1. The van der Waals surface area contributed by atoms with Gasteiger partial charge in [-0.3, -0.25) is 0 Å². The van der Waals surface area contributed by atoms with Gasteiger partial charge in [0.15, 0.2) is 0 Å². The van der Waals surface area contributed by atoms with Gasteiger partial charge in [0, 0.05) is 11.5 Å². The van der Waals surface area contributed by atoms with Crippen LogP contribution in [-0.4, -0.2) is 17.8 Å². The topological polar surface area (TPSA) is 29.5 Å². The SMILES string of the molecule is Cc1sccc1C(O)C1CCCCO1. The maximum Gasteiger partial charge on any atom is 0.106 e. The molecule has 78 valence electrons. The molecule has 2 rings (SSSR count). The van der Waals surface area contributed by atoms with Crippen LogP contribution < -0.4 is 0 Å². The van der Waals surface area contributed by atoms with Crippen molar-refractivity contribution in [3.8, 4) is 0 Å². The number of aliphatic hydroxyl groups excluding tert-OH is 1. The van der Waals surface area contributed by atoms with Crippen LogP contribution in [-0.2, 0) is 4.74 Å². The van der Waals surface area contributed by atoms with E-state index in [4.69, 9.17) is 4.74 Å². The summed E-state index contributed by atoms with van der Waals surface area (Å²) in [6, 6.07) is 2.00. The van der Waals surface area contributed by atoms with E-state index >= 15 is 0 Å². The Kier molecular flexibility index (Phi) is 3.21. The Balaban J connectivity index is 2.07. The molecule has 0 radical (unpaired) electrons. The van der Waals surface area contributed by atoms with Gasteiger partial charge in [0.2, 0.25) is 0 Å². The van der Waals surface area contributed by atoms with Gasteiger partial charge in [0.25, 0.3) is 0 Å². The molecule has 0 aromatic carbocycles. The highest BCUT2D eigenvalue weighted by Gasteiger charge is 2.25. The van der Waals surface area contributed by atoms with Crippen LogP contribution in [0.3, 0.4) is 0 Å². The minimum Gasteiger partial charge on any atom is -0.386 e. The molecule has 1 aliphatic rings. The van der Waals surface area contributed by atoms with E-state index in [1.165, 1.54) is 11.3 Å². The Bertz CT molecular complexity index is 289. The largest absolute Gasteiger partial charge is 0.386 e. The molecule has 0 saturated carbocycles. The summed E-state index contributed by atoms with van der Waals surface area (Å²) in [5, 5.41) is 12.1. The molecular weight excluding hydrogens is 196 g/mol. The summed E-state index contributed by atoms with van der Waals surface area (Å²) in [5.41, 5.74) is 1.04. The summed E-state index contributed by atoms with van der Waals surface area (Å²) in [4.78, 5) is 1.20. The van der Waals surface area contributed by atoms with Crippen LogP contribution >= 0.6 is 11.3 Å². The molecule has 2 nitrogen and oxygen atoms in total. The molecule has 1 aliphatic heterocycles. The lowest BCUT2D eigenvalue weighted by Crippen LogP contribution is -2.26. The summed E-state index contributed by atoms with van der Waals surface area (Å²) in [6.45, 7) is 2.84. The second-order valence-electron chi connectivity index (χ2n) is 3.78. The van der Waals surface area contributed by atoms with Gasteiger partial charge < -0.3 is 9.84 Å². The summed E-state index contributed by atoms with van der Waals surface area (Å²) in [5.74, 6) is 0. The molecule has 2 unspecified atom stereocenters. The zero-order valence-corrected chi connectivity index (χ0v) is 9.22. The maximum atomic E-state index is 10.1. The van der Waals surface area contributed by atoms with Crippen molar-refractivity contribution in [2.75, 3.05) is 6.61 Å². The van der Waals surface area contributed by atoms with Crippen molar-refractivity contribution >= 4 is 11.3 Å². The predicted octanol–water partition coefficient (Wildman–Crippen LogP) is 2.66. The lowest BCUT2D eigenvalue weighted by atomic mass is 9.99. The van der Waals surface area contributed by atoms with Gasteiger partial charge in [-0.05, 0) is 43.2 Å². The first-order valence-electron chi connectivity index (χ1n) is 5.12. The van der Waals surface area contributed by atoms with E-state index < -0.39 is 6.10 Å². The fourth-order valence-corrected chi connectivity index (χ4v) is 2.66. The van der Waals surface area contributed by atoms with Crippen LogP contribution in [0.5, 0.6) is 0 Å². The third kappa shape index (κ3) is 2.00. The lowest BCUT2D eigenvalue weighted by molar-refractivity contribution is -0.0633. The summed E-state index contributed by atoms with van der Waals surface area (Å²) >= 11 is 1.68. The van der Waals surface area contributed by atoms with Gasteiger partial charge in [0.1, 0.15) is 6.10 Å². The molecule has 3 heteroatoms. The van der Waals surface area contributed by atoms with Gasteiger partial charge >= 0.3 is 0 Å². The van der Waals surface area contributed by atoms with E-state index in [1.807, 2.05) is 18.4 Å². The summed E-state index contributed by atoms with van der Waals surface area (Å²) in [6.07, 6.45) is 2.87. The Morgan fingerprint density at radius 2 is 2.43 bits per heavy atom. The average Bonchev–Trinajstić information content (AvgIpc) is 2.65. The smallest absolute Gasteiger partial charge is 0.106 e. The fourth-order valence-electron chi connectivity index (χ4n) is 1.92.